The Morgan fingerprint density at radius 3 is 2.68 bits per heavy atom. The fourth-order valence-electron chi connectivity index (χ4n) is 1.63. The molecular formula is C14H21NO4. The third kappa shape index (κ3) is 6.22. The molecule has 0 saturated heterocycles. The Morgan fingerprint density at radius 2 is 2.05 bits per heavy atom. The first kappa shape index (κ1) is 15.5. The molecule has 1 atom stereocenters. The summed E-state index contributed by atoms with van der Waals surface area (Å²) in [6.45, 7) is 0.809. The summed E-state index contributed by atoms with van der Waals surface area (Å²) < 4.78 is 10.3. The number of nitrogens with zero attached hydrogens (tertiary/aromatic N) is 1. The predicted molar refractivity (Wildman–Crippen MR) is 72.1 cm³/mol. The summed E-state index contributed by atoms with van der Waals surface area (Å²) in [5.74, 6) is 0.684. The van der Waals surface area contributed by atoms with Gasteiger partial charge in [0.2, 0.25) is 5.91 Å². The van der Waals surface area contributed by atoms with Crippen molar-refractivity contribution in [1.82, 2.24) is 4.90 Å². The maximum Gasteiger partial charge on any atom is 0.225 e. The van der Waals surface area contributed by atoms with E-state index >= 15 is 0 Å². The highest BCUT2D eigenvalue weighted by molar-refractivity contribution is 5.76. The minimum Gasteiger partial charge on any atom is -0.493 e. The van der Waals surface area contributed by atoms with Crippen molar-refractivity contribution in [3.8, 4) is 5.75 Å². The molecule has 106 valence electrons. The van der Waals surface area contributed by atoms with Crippen molar-refractivity contribution in [3.05, 3.63) is 30.3 Å². The Balaban J connectivity index is 2.23. The Morgan fingerprint density at radius 1 is 1.37 bits per heavy atom. The topological polar surface area (TPSA) is 59.0 Å². The van der Waals surface area contributed by atoms with Crippen LogP contribution in [0.4, 0.5) is 0 Å². The number of aliphatic hydroxyl groups is 1. The molecule has 1 rings (SSSR count). The third-order valence-electron chi connectivity index (χ3n) is 2.60. The summed E-state index contributed by atoms with van der Waals surface area (Å²) in [6, 6.07) is 9.35. The van der Waals surface area contributed by atoms with Crippen molar-refractivity contribution < 1.29 is 19.4 Å². The van der Waals surface area contributed by atoms with Crippen LogP contribution >= 0.6 is 0 Å². The molecule has 1 aromatic rings. The molecule has 0 heterocycles. The van der Waals surface area contributed by atoms with Gasteiger partial charge in [-0.2, -0.15) is 0 Å². The van der Waals surface area contributed by atoms with Gasteiger partial charge in [-0.25, -0.2) is 0 Å². The number of methoxy groups -OCH3 is 1. The van der Waals surface area contributed by atoms with Crippen LogP contribution in [0.3, 0.4) is 0 Å². The van der Waals surface area contributed by atoms with E-state index in [-0.39, 0.29) is 25.5 Å². The Kier molecular flexibility index (Phi) is 6.92. The zero-order valence-electron chi connectivity index (χ0n) is 11.4. The Labute approximate surface area is 113 Å². The Bertz CT molecular complexity index is 369. The van der Waals surface area contributed by atoms with Gasteiger partial charge in [0.15, 0.2) is 0 Å². The maximum atomic E-state index is 11.8. The van der Waals surface area contributed by atoms with Gasteiger partial charge in [-0.15, -0.1) is 0 Å². The van der Waals surface area contributed by atoms with E-state index in [2.05, 4.69) is 0 Å². The molecular weight excluding hydrogens is 246 g/mol. The summed E-state index contributed by atoms with van der Waals surface area (Å²) in [5, 5.41) is 9.52. The molecule has 0 radical (unpaired) electrons. The second kappa shape index (κ2) is 8.50. The smallest absolute Gasteiger partial charge is 0.225 e. The lowest BCUT2D eigenvalue weighted by Crippen LogP contribution is -2.36. The van der Waals surface area contributed by atoms with Gasteiger partial charge in [-0.1, -0.05) is 18.2 Å². The number of likely N-dealkylation sites (N-methyl/N-ethyl adjacent to an activating group) is 1. The molecule has 5 nitrogen and oxygen atoms in total. The molecule has 19 heavy (non-hydrogen) atoms. The van der Waals surface area contributed by atoms with Gasteiger partial charge in [0, 0.05) is 20.7 Å². The molecule has 0 spiro atoms. The summed E-state index contributed by atoms with van der Waals surface area (Å²) in [7, 11) is 3.17. The second-order valence-corrected chi connectivity index (χ2v) is 4.29. The highest BCUT2D eigenvalue weighted by atomic mass is 16.5. The van der Waals surface area contributed by atoms with Crippen LogP contribution in [0.25, 0.3) is 0 Å². The largest absolute Gasteiger partial charge is 0.493 e. The first-order valence-corrected chi connectivity index (χ1v) is 6.22. The van der Waals surface area contributed by atoms with Gasteiger partial charge in [-0.05, 0) is 12.1 Å². The number of amides is 1. The first-order valence-electron chi connectivity index (χ1n) is 6.22. The quantitative estimate of drug-likeness (QED) is 0.761. The van der Waals surface area contributed by atoms with E-state index in [4.69, 9.17) is 9.47 Å². The SMILES string of the molecule is COCC(O)CN(C)C(=O)CCOc1ccccc1. The number of rotatable bonds is 8. The van der Waals surface area contributed by atoms with Crippen LogP contribution in [-0.4, -0.2) is 55.9 Å². The average Bonchev–Trinajstić information content (AvgIpc) is 2.40. The minimum atomic E-state index is -0.658. The van der Waals surface area contributed by atoms with Crippen molar-refractivity contribution in [3.63, 3.8) is 0 Å². The number of carbonyl (C=O) groups is 1. The second-order valence-electron chi connectivity index (χ2n) is 4.29. The zero-order chi connectivity index (χ0) is 14.1. The van der Waals surface area contributed by atoms with Gasteiger partial charge in [0.1, 0.15) is 5.75 Å². The van der Waals surface area contributed by atoms with Gasteiger partial charge in [0.05, 0.1) is 25.7 Å². The number of aliphatic hydroxyl groups excluding tert-OH is 1. The number of benzene rings is 1. The fraction of sp³-hybridized carbons (Fsp3) is 0.500. The van der Waals surface area contributed by atoms with Crippen LogP contribution < -0.4 is 4.74 Å². The molecule has 0 fully saturated rings. The van der Waals surface area contributed by atoms with Crippen molar-refractivity contribution in [1.29, 1.82) is 0 Å². The summed E-state index contributed by atoms with van der Waals surface area (Å²) in [6.07, 6.45) is -0.376. The molecule has 0 saturated carbocycles. The van der Waals surface area contributed by atoms with Gasteiger partial charge < -0.3 is 19.5 Å². The zero-order valence-corrected chi connectivity index (χ0v) is 11.4. The molecule has 0 aliphatic rings. The standard InChI is InChI=1S/C14H21NO4/c1-15(10-12(16)11-18-2)14(17)8-9-19-13-6-4-3-5-7-13/h3-7,12,16H,8-11H2,1-2H3. The van der Waals surface area contributed by atoms with Crippen LogP contribution in [0.2, 0.25) is 0 Å². The van der Waals surface area contributed by atoms with E-state index in [9.17, 15) is 9.90 Å². The van der Waals surface area contributed by atoms with Gasteiger partial charge in [-0.3, -0.25) is 4.79 Å². The lowest BCUT2D eigenvalue weighted by atomic mass is 10.3. The summed E-state index contributed by atoms with van der Waals surface area (Å²) in [5.41, 5.74) is 0. The molecule has 0 aliphatic heterocycles. The molecule has 0 aliphatic carbocycles. The van der Waals surface area contributed by atoms with E-state index in [1.54, 1.807) is 7.05 Å². The number of ether oxygens (including phenoxy) is 2. The van der Waals surface area contributed by atoms with Crippen LogP contribution in [-0.2, 0) is 9.53 Å². The third-order valence-corrected chi connectivity index (χ3v) is 2.60. The lowest BCUT2D eigenvalue weighted by Gasteiger charge is -2.20. The maximum absolute atomic E-state index is 11.8. The fourth-order valence-corrected chi connectivity index (χ4v) is 1.63. The number of carbonyl (C=O) groups excluding carboxylic acids is 1. The van der Waals surface area contributed by atoms with Crippen molar-refractivity contribution in [2.75, 3.05) is 33.9 Å². The predicted octanol–water partition coefficient (Wildman–Crippen LogP) is 0.921. The monoisotopic (exact) mass is 267 g/mol. The van der Waals surface area contributed by atoms with Crippen molar-refractivity contribution in [2.45, 2.75) is 12.5 Å². The van der Waals surface area contributed by atoms with Crippen LogP contribution in [0, 0.1) is 0 Å². The van der Waals surface area contributed by atoms with E-state index in [1.807, 2.05) is 30.3 Å². The highest BCUT2D eigenvalue weighted by Crippen LogP contribution is 2.08. The van der Waals surface area contributed by atoms with Gasteiger partial charge >= 0.3 is 0 Å². The van der Waals surface area contributed by atoms with Crippen LogP contribution in [0.15, 0.2) is 30.3 Å². The van der Waals surface area contributed by atoms with E-state index in [0.717, 1.165) is 5.75 Å². The first-order chi connectivity index (χ1) is 9.13. The molecule has 1 amide bonds. The highest BCUT2D eigenvalue weighted by Gasteiger charge is 2.13. The number of hydrogen-bond acceptors (Lipinski definition) is 4. The normalized spacial score (nSPS) is 11.9. The van der Waals surface area contributed by atoms with E-state index < -0.39 is 6.10 Å². The Hall–Kier alpha value is -1.59. The minimum absolute atomic E-state index is 0.0638. The summed E-state index contributed by atoms with van der Waals surface area (Å²) in [4.78, 5) is 13.3. The van der Waals surface area contributed by atoms with Crippen LogP contribution in [0.5, 0.6) is 5.75 Å². The van der Waals surface area contributed by atoms with Gasteiger partial charge in [0.25, 0.3) is 0 Å². The molecule has 0 bridgehead atoms. The molecule has 1 N–H and O–H groups in total. The molecule has 5 heteroatoms. The molecule has 0 aromatic heterocycles. The summed E-state index contributed by atoms with van der Waals surface area (Å²) >= 11 is 0. The van der Waals surface area contributed by atoms with Crippen molar-refractivity contribution in [2.24, 2.45) is 0 Å². The lowest BCUT2D eigenvalue weighted by molar-refractivity contribution is -0.132. The van der Waals surface area contributed by atoms with Crippen molar-refractivity contribution >= 4 is 5.91 Å². The van der Waals surface area contributed by atoms with E-state index in [1.165, 1.54) is 12.0 Å². The van der Waals surface area contributed by atoms with Crippen LogP contribution in [0.1, 0.15) is 6.42 Å². The average molecular weight is 267 g/mol. The van der Waals surface area contributed by atoms with E-state index in [0.29, 0.717) is 6.61 Å². The molecule has 1 unspecified atom stereocenters. The molecule has 1 aromatic carbocycles. The number of para-hydroxylation sites is 1. The number of hydrogen-bond donors (Lipinski definition) is 1.